The Kier molecular flexibility index (Phi) is 76.9. The van der Waals surface area contributed by atoms with E-state index in [1.165, 1.54) is 283 Å². The number of aliphatic hydroxyl groups excluding tert-OH is 1. The number of ether oxygens (including phenoxy) is 4. The Bertz CT molecular complexity index is 2030. The molecule has 0 saturated heterocycles. The minimum absolute atomic E-state index is 0.109. The van der Waals surface area contributed by atoms with E-state index < -0.39 is 97.5 Å². The fraction of sp³-hybridized carbons (Fsp3) is 0.954. The Balaban J connectivity index is 5.25. The predicted octanol–water partition coefficient (Wildman–Crippen LogP) is 26.6. The third-order valence-corrected chi connectivity index (χ3v) is 22.7. The molecule has 19 heteroatoms. The zero-order valence-corrected chi connectivity index (χ0v) is 71.5. The van der Waals surface area contributed by atoms with E-state index in [4.69, 9.17) is 37.0 Å². The van der Waals surface area contributed by atoms with Crippen LogP contribution in [0.1, 0.15) is 465 Å². The summed E-state index contributed by atoms with van der Waals surface area (Å²) in [4.78, 5) is 73.3. The fourth-order valence-electron chi connectivity index (χ4n) is 13.6. The lowest BCUT2D eigenvalue weighted by Gasteiger charge is -2.21. The zero-order chi connectivity index (χ0) is 77.8. The summed E-state index contributed by atoms with van der Waals surface area (Å²) in [5, 5.41) is 10.7. The molecular formula is C87H170O17P2. The maximum atomic E-state index is 13.2. The molecule has 0 heterocycles. The van der Waals surface area contributed by atoms with E-state index in [0.717, 1.165) is 102 Å². The molecule has 0 radical (unpaired) electrons. The van der Waals surface area contributed by atoms with Crippen molar-refractivity contribution in [3.05, 3.63) is 0 Å². The first-order valence-corrected chi connectivity index (χ1v) is 48.0. The SMILES string of the molecule is CCCCCCCCCCCCCCCCCCCCC(=O)O[C@H](COC(=O)CCCCCCCCCCCCC)COP(=O)(O)OC[C@H](O)COP(=O)(O)OC[C@@H](COC(=O)CCCCCCCCCCCCCCCCC(C)CC)OC(=O)CCCCCCCCCCCCCCCCCCC(C)C. The summed E-state index contributed by atoms with van der Waals surface area (Å²) in [5.74, 6) is -0.440. The van der Waals surface area contributed by atoms with Crippen molar-refractivity contribution in [3.8, 4) is 0 Å². The van der Waals surface area contributed by atoms with E-state index in [1.54, 1.807) is 0 Å². The van der Waals surface area contributed by atoms with Crippen molar-refractivity contribution in [2.45, 2.75) is 484 Å². The molecular weight excluding hydrogens is 1380 g/mol. The lowest BCUT2D eigenvalue weighted by Crippen LogP contribution is -2.30. The van der Waals surface area contributed by atoms with Crippen molar-refractivity contribution in [2.75, 3.05) is 39.6 Å². The molecule has 0 fully saturated rings. The summed E-state index contributed by atoms with van der Waals surface area (Å²) in [6.07, 6.45) is 70.6. The van der Waals surface area contributed by atoms with Gasteiger partial charge in [0.1, 0.15) is 19.3 Å². The maximum Gasteiger partial charge on any atom is 0.472 e. The highest BCUT2D eigenvalue weighted by molar-refractivity contribution is 7.47. The number of unbranched alkanes of at least 4 members (excludes halogenated alkanes) is 55. The molecule has 0 aromatic rings. The van der Waals surface area contributed by atoms with Crippen molar-refractivity contribution in [1.29, 1.82) is 0 Å². The van der Waals surface area contributed by atoms with Crippen molar-refractivity contribution < 1.29 is 80.2 Å². The average Bonchev–Trinajstić information content (AvgIpc) is 0.906. The van der Waals surface area contributed by atoms with Crippen LogP contribution in [0.2, 0.25) is 0 Å². The number of hydrogen-bond donors (Lipinski definition) is 3. The van der Waals surface area contributed by atoms with Crippen molar-refractivity contribution in [3.63, 3.8) is 0 Å². The number of hydrogen-bond acceptors (Lipinski definition) is 15. The number of phosphoric acid groups is 2. The van der Waals surface area contributed by atoms with Gasteiger partial charge < -0.3 is 33.8 Å². The molecule has 0 aliphatic rings. The second-order valence-corrected chi connectivity index (χ2v) is 34.9. The van der Waals surface area contributed by atoms with Gasteiger partial charge in [-0.3, -0.25) is 37.3 Å². The second kappa shape index (κ2) is 78.3. The molecule has 3 unspecified atom stereocenters. The summed E-state index contributed by atoms with van der Waals surface area (Å²) in [7, 11) is -9.93. The molecule has 0 aromatic carbocycles. The van der Waals surface area contributed by atoms with Crippen LogP contribution in [-0.4, -0.2) is 96.7 Å². The van der Waals surface area contributed by atoms with Crippen LogP contribution in [0.3, 0.4) is 0 Å². The zero-order valence-electron chi connectivity index (χ0n) is 69.7. The van der Waals surface area contributed by atoms with Gasteiger partial charge in [0.15, 0.2) is 12.2 Å². The van der Waals surface area contributed by atoms with Crippen molar-refractivity contribution >= 4 is 39.5 Å². The van der Waals surface area contributed by atoms with Crippen LogP contribution in [0.15, 0.2) is 0 Å². The Labute approximate surface area is 651 Å². The van der Waals surface area contributed by atoms with E-state index in [-0.39, 0.29) is 25.7 Å². The Morgan fingerprint density at radius 1 is 0.274 bits per heavy atom. The number of carbonyl (C=O) groups excluding carboxylic acids is 4. The Hall–Kier alpha value is -1.94. The van der Waals surface area contributed by atoms with E-state index in [9.17, 15) is 43.2 Å². The summed E-state index contributed by atoms with van der Waals surface area (Å²) in [6, 6.07) is 0. The number of esters is 4. The van der Waals surface area contributed by atoms with Crippen molar-refractivity contribution in [2.24, 2.45) is 11.8 Å². The number of rotatable bonds is 86. The van der Waals surface area contributed by atoms with Gasteiger partial charge in [-0.1, -0.05) is 414 Å². The Morgan fingerprint density at radius 2 is 0.481 bits per heavy atom. The van der Waals surface area contributed by atoms with E-state index in [2.05, 4.69) is 41.5 Å². The maximum absolute atomic E-state index is 13.2. The van der Waals surface area contributed by atoms with Gasteiger partial charge in [-0.15, -0.1) is 0 Å². The summed E-state index contributed by atoms with van der Waals surface area (Å²) >= 11 is 0. The van der Waals surface area contributed by atoms with E-state index in [0.29, 0.717) is 25.7 Å². The molecule has 6 atom stereocenters. The molecule has 0 saturated carbocycles. The molecule has 0 aliphatic carbocycles. The first kappa shape index (κ1) is 104. The quantitative estimate of drug-likeness (QED) is 0.0222. The molecule has 0 aromatic heterocycles. The van der Waals surface area contributed by atoms with Crippen LogP contribution in [0, 0.1) is 11.8 Å². The van der Waals surface area contributed by atoms with Crippen LogP contribution < -0.4 is 0 Å². The number of carbonyl (C=O) groups is 4. The predicted molar refractivity (Wildman–Crippen MR) is 437 cm³/mol. The van der Waals surface area contributed by atoms with Gasteiger partial charge in [0.2, 0.25) is 0 Å². The highest BCUT2D eigenvalue weighted by Gasteiger charge is 2.30. The lowest BCUT2D eigenvalue weighted by molar-refractivity contribution is -0.161. The molecule has 3 N–H and O–H groups in total. The second-order valence-electron chi connectivity index (χ2n) is 32.0. The minimum atomic E-state index is -4.97. The van der Waals surface area contributed by atoms with Crippen molar-refractivity contribution in [1.82, 2.24) is 0 Å². The average molecular weight is 1550 g/mol. The van der Waals surface area contributed by atoms with Gasteiger partial charge >= 0.3 is 39.5 Å². The van der Waals surface area contributed by atoms with Crippen LogP contribution in [0.25, 0.3) is 0 Å². The number of phosphoric ester groups is 2. The molecule has 17 nitrogen and oxygen atoms in total. The first-order chi connectivity index (χ1) is 51.4. The van der Waals surface area contributed by atoms with Gasteiger partial charge in [0.05, 0.1) is 26.4 Å². The molecule has 0 spiro atoms. The monoisotopic (exact) mass is 1550 g/mol. The highest BCUT2D eigenvalue weighted by Crippen LogP contribution is 2.45. The van der Waals surface area contributed by atoms with E-state index in [1.807, 2.05) is 0 Å². The molecule has 0 aliphatic heterocycles. The molecule has 0 rings (SSSR count). The largest absolute Gasteiger partial charge is 0.472 e. The third-order valence-electron chi connectivity index (χ3n) is 20.8. The summed E-state index contributed by atoms with van der Waals surface area (Å²) in [5.41, 5.74) is 0. The molecule has 106 heavy (non-hydrogen) atoms. The van der Waals surface area contributed by atoms with Crippen LogP contribution in [-0.2, 0) is 65.4 Å². The molecule has 630 valence electrons. The smallest absolute Gasteiger partial charge is 0.462 e. The summed E-state index contributed by atoms with van der Waals surface area (Å²) < 4.78 is 69.0. The standard InChI is InChI=1S/C87H170O17P2/c1-7-10-12-14-16-18-20-21-22-23-24-28-35-41-47-53-59-65-71-86(91)103-82(75-97-84(89)69-63-57-51-45-37-19-17-15-13-11-8-2)77-101-105(93,94)99-73-81(88)74-100-106(95,96)102-78-83(76-98-85(90)70-64-58-52-46-40-34-31-30-33-39-44-50-56-62-68-80(6)9-3)104-87(92)72-66-60-54-48-42-36-29-26-25-27-32-38-43-49-55-61-67-79(4)5/h79-83,88H,7-78H2,1-6H3,(H,93,94)(H,95,96)/t80?,81-,82+,83+/m0/s1. The van der Waals surface area contributed by atoms with Gasteiger partial charge in [-0.25, -0.2) is 9.13 Å². The van der Waals surface area contributed by atoms with Crippen LogP contribution >= 0.6 is 15.6 Å². The van der Waals surface area contributed by atoms with Crippen LogP contribution in [0.5, 0.6) is 0 Å². The highest BCUT2D eigenvalue weighted by atomic mass is 31.2. The van der Waals surface area contributed by atoms with E-state index >= 15 is 0 Å². The summed E-state index contributed by atoms with van der Waals surface area (Å²) in [6.45, 7) is 9.77. The third kappa shape index (κ3) is 78.7. The van der Waals surface area contributed by atoms with Gasteiger partial charge in [0, 0.05) is 25.7 Å². The molecule has 0 amide bonds. The fourth-order valence-corrected chi connectivity index (χ4v) is 15.1. The minimum Gasteiger partial charge on any atom is -0.462 e. The molecule has 0 bridgehead atoms. The van der Waals surface area contributed by atoms with Gasteiger partial charge in [0.25, 0.3) is 0 Å². The topological polar surface area (TPSA) is 237 Å². The normalized spacial score (nSPS) is 14.1. The lowest BCUT2D eigenvalue weighted by atomic mass is 9.99. The Morgan fingerprint density at radius 3 is 0.717 bits per heavy atom. The van der Waals surface area contributed by atoms with Crippen LogP contribution in [0.4, 0.5) is 0 Å². The van der Waals surface area contributed by atoms with Gasteiger partial charge in [-0.2, -0.15) is 0 Å². The van der Waals surface area contributed by atoms with Gasteiger partial charge in [-0.05, 0) is 37.5 Å². The first-order valence-electron chi connectivity index (χ1n) is 45.0. The number of aliphatic hydroxyl groups is 1.